The second-order valence-electron chi connectivity index (χ2n) is 2.77. The summed E-state index contributed by atoms with van der Waals surface area (Å²) in [4.78, 5) is 5.56. The minimum absolute atomic E-state index is 1.08. The van der Waals surface area contributed by atoms with Gasteiger partial charge in [0.25, 0.3) is 0 Å². The Morgan fingerprint density at radius 1 is 1.31 bits per heavy atom. The first-order valence-electron chi connectivity index (χ1n) is 3.95. The van der Waals surface area contributed by atoms with E-state index in [-0.39, 0.29) is 0 Å². The number of thiophene rings is 1. The van der Waals surface area contributed by atoms with Crippen molar-refractivity contribution in [1.82, 2.24) is 4.98 Å². The van der Waals surface area contributed by atoms with Crippen molar-refractivity contribution in [3.63, 3.8) is 0 Å². The molecule has 66 valence electrons. The molecule has 0 N–H and O–H groups in total. The molecule has 0 saturated carbocycles. The zero-order valence-electron chi connectivity index (χ0n) is 7.12. The van der Waals surface area contributed by atoms with E-state index in [9.17, 15) is 0 Å². The molecule has 0 spiro atoms. The zero-order chi connectivity index (χ0) is 9.26. The Labute approximate surface area is 89.6 Å². The number of hydrogen-bond acceptors (Lipinski definition) is 2. The molecular formula is C10H8BrNS. The van der Waals surface area contributed by atoms with Crippen molar-refractivity contribution in [2.24, 2.45) is 0 Å². The first kappa shape index (κ1) is 8.91. The predicted octanol–water partition coefficient (Wildman–Crippen LogP) is 3.88. The quantitative estimate of drug-likeness (QED) is 0.752. The molecule has 0 radical (unpaired) electrons. The maximum absolute atomic E-state index is 4.35. The summed E-state index contributed by atoms with van der Waals surface area (Å²) in [6.45, 7) is 2.08. The van der Waals surface area contributed by atoms with Crippen molar-refractivity contribution < 1.29 is 0 Å². The van der Waals surface area contributed by atoms with Gasteiger partial charge in [0.15, 0.2) is 0 Å². The summed E-state index contributed by atoms with van der Waals surface area (Å²) < 4.78 is 1.15. The van der Waals surface area contributed by atoms with E-state index in [1.807, 2.05) is 18.3 Å². The van der Waals surface area contributed by atoms with Gasteiger partial charge in [0, 0.05) is 6.20 Å². The maximum atomic E-state index is 4.35. The van der Waals surface area contributed by atoms with Crippen molar-refractivity contribution in [2.45, 2.75) is 6.92 Å². The summed E-state index contributed by atoms with van der Waals surface area (Å²) >= 11 is 5.15. The number of nitrogens with zero attached hydrogens (tertiary/aromatic N) is 1. The summed E-state index contributed by atoms with van der Waals surface area (Å²) in [5.74, 6) is 0. The normalized spacial score (nSPS) is 10.3. The molecule has 3 heteroatoms. The van der Waals surface area contributed by atoms with Gasteiger partial charge in [-0.15, -0.1) is 11.3 Å². The molecule has 1 nitrogen and oxygen atoms in total. The minimum Gasteiger partial charge on any atom is -0.255 e. The number of hydrogen-bond donors (Lipinski definition) is 0. The Hall–Kier alpha value is -0.670. The molecule has 2 rings (SSSR count). The topological polar surface area (TPSA) is 12.9 Å². The number of rotatable bonds is 1. The Morgan fingerprint density at radius 3 is 2.77 bits per heavy atom. The van der Waals surface area contributed by atoms with E-state index < -0.39 is 0 Å². The van der Waals surface area contributed by atoms with Gasteiger partial charge in [-0.1, -0.05) is 6.07 Å². The van der Waals surface area contributed by atoms with E-state index in [2.05, 4.69) is 40.0 Å². The lowest BCUT2D eigenvalue weighted by atomic mass is 10.2. The van der Waals surface area contributed by atoms with Crippen LogP contribution in [0.15, 0.2) is 34.2 Å². The first-order valence-corrected chi connectivity index (χ1v) is 5.55. The fourth-order valence-electron chi connectivity index (χ4n) is 1.19. The molecule has 0 unspecified atom stereocenters. The van der Waals surface area contributed by atoms with Crippen molar-refractivity contribution in [1.29, 1.82) is 0 Å². The van der Waals surface area contributed by atoms with Crippen LogP contribution < -0.4 is 0 Å². The fourth-order valence-corrected chi connectivity index (χ4v) is 2.63. The lowest BCUT2D eigenvalue weighted by Crippen LogP contribution is -1.82. The van der Waals surface area contributed by atoms with Gasteiger partial charge in [-0.3, -0.25) is 4.98 Å². The van der Waals surface area contributed by atoms with E-state index in [0.29, 0.717) is 0 Å². The van der Waals surface area contributed by atoms with Crippen molar-refractivity contribution >= 4 is 27.3 Å². The number of aromatic nitrogens is 1. The first-order chi connectivity index (χ1) is 6.27. The smallest absolute Gasteiger partial charge is 0.0831 e. The molecule has 2 aromatic rings. The Kier molecular flexibility index (Phi) is 2.47. The number of pyridine rings is 1. The SMILES string of the molecule is Cc1cccnc1-c1ccc(Br)s1. The monoisotopic (exact) mass is 253 g/mol. The molecule has 0 aliphatic rings. The lowest BCUT2D eigenvalue weighted by Gasteiger charge is -1.99. The predicted molar refractivity (Wildman–Crippen MR) is 60.0 cm³/mol. The molecule has 0 aliphatic carbocycles. The summed E-state index contributed by atoms with van der Waals surface area (Å²) in [6.07, 6.45) is 1.83. The maximum Gasteiger partial charge on any atom is 0.0831 e. The van der Waals surface area contributed by atoms with Crippen LogP contribution >= 0.6 is 27.3 Å². The van der Waals surface area contributed by atoms with Crippen molar-refractivity contribution in [3.8, 4) is 10.6 Å². The molecule has 2 heterocycles. The highest BCUT2D eigenvalue weighted by atomic mass is 79.9. The minimum atomic E-state index is 1.08. The summed E-state index contributed by atoms with van der Waals surface area (Å²) in [7, 11) is 0. The van der Waals surface area contributed by atoms with Crippen LogP contribution in [0.4, 0.5) is 0 Å². The van der Waals surface area contributed by atoms with Gasteiger partial charge in [0.2, 0.25) is 0 Å². The van der Waals surface area contributed by atoms with Crippen LogP contribution in [0.25, 0.3) is 10.6 Å². The molecule has 0 atom stereocenters. The lowest BCUT2D eigenvalue weighted by molar-refractivity contribution is 1.28. The third kappa shape index (κ3) is 1.81. The average molecular weight is 254 g/mol. The molecule has 0 bridgehead atoms. The second-order valence-corrected chi connectivity index (χ2v) is 5.24. The Morgan fingerprint density at radius 2 is 2.15 bits per heavy atom. The molecular weight excluding hydrogens is 246 g/mol. The molecule has 0 saturated heterocycles. The van der Waals surface area contributed by atoms with Crippen LogP contribution in [0, 0.1) is 6.92 Å². The standard InChI is InChI=1S/C10H8BrNS/c1-7-3-2-6-12-10(7)8-4-5-9(11)13-8/h2-6H,1H3. The molecule has 0 aliphatic heterocycles. The zero-order valence-corrected chi connectivity index (χ0v) is 9.52. The largest absolute Gasteiger partial charge is 0.255 e. The van der Waals surface area contributed by atoms with Crippen LogP contribution in [-0.4, -0.2) is 4.98 Å². The van der Waals surface area contributed by atoms with Crippen LogP contribution in [-0.2, 0) is 0 Å². The third-order valence-electron chi connectivity index (χ3n) is 1.82. The van der Waals surface area contributed by atoms with Crippen LogP contribution in [0.1, 0.15) is 5.56 Å². The van der Waals surface area contributed by atoms with Gasteiger partial charge in [-0.05, 0) is 46.6 Å². The summed E-state index contributed by atoms with van der Waals surface area (Å²) in [5.41, 5.74) is 2.30. The van der Waals surface area contributed by atoms with Crippen molar-refractivity contribution in [3.05, 3.63) is 39.8 Å². The highest BCUT2D eigenvalue weighted by Crippen LogP contribution is 2.31. The third-order valence-corrected chi connectivity index (χ3v) is 3.45. The van der Waals surface area contributed by atoms with Gasteiger partial charge in [0.05, 0.1) is 14.4 Å². The van der Waals surface area contributed by atoms with E-state index >= 15 is 0 Å². The number of halogens is 1. The van der Waals surface area contributed by atoms with Crippen LogP contribution in [0.2, 0.25) is 0 Å². The van der Waals surface area contributed by atoms with E-state index in [1.165, 1.54) is 10.4 Å². The van der Waals surface area contributed by atoms with Crippen LogP contribution in [0.3, 0.4) is 0 Å². The van der Waals surface area contributed by atoms with Crippen molar-refractivity contribution in [2.75, 3.05) is 0 Å². The second kappa shape index (κ2) is 3.60. The van der Waals surface area contributed by atoms with Gasteiger partial charge >= 0.3 is 0 Å². The Balaban J connectivity index is 2.52. The highest BCUT2D eigenvalue weighted by molar-refractivity contribution is 9.11. The Bertz CT molecular complexity index is 422. The van der Waals surface area contributed by atoms with Gasteiger partial charge in [0.1, 0.15) is 0 Å². The van der Waals surface area contributed by atoms with Crippen LogP contribution in [0.5, 0.6) is 0 Å². The van der Waals surface area contributed by atoms with Gasteiger partial charge < -0.3 is 0 Å². The highest BCUT2D eigenvalue weighted by Gasteiger charge is 2.04. The number of aryl methyl sites for hydroxylation is 1. The van der Waals surface area contributed by atoms with E-state index in [1.54, 1.807) is 11.3 Å². The fraction of sp³-hybridized carbons (Fsp3) is 0.100. The molecule has 0 aromatic carbocycles. The van der Waals surface area contributed by atoms with Gasteiger partial charge in [-0.25, -0.2) is 0 Å². The molecule has 0 amide bonds. The van der Waals surface area contributed by atoms with E-state index in [0.717, 1.165) is 9.48 Å². The average Bonchev–Trinajstić information content (AvgIpc) is 2.53. The molecule has 0 fully saturated rings. The molecule has 2 aromatic heterocycles. The van der Waals surface area contributed by atoms with E-state index in [4.69, 9.17) is 0 Å². The van der Waals surface area contributed by atoms with Gasteiger partial charge in [-0.2, -0.15) is 0 Å². The summed E-state index contributed by atoms with van der Waals surface area (Å²) in [6, 6.07) is 8.18. The molecule has 13 heavy (non-hydrogen) atoms. The summed E-state index contributed by atoms with van der Waals surface area (Å²) in [5, 5.41) is 0.